The van der Waals surface area contributed by atoms with Crippen molar-refractivity contribution in [1.29, 1.82) is 0 Å². The van der Waals surface area contributed by atoms with E-state index < -0.39 is 0 Å². The Labute approximate surface area is 121 Å². The van der Waals surface area contributed by atoms with E-state index in [1.54, 1.807) is 6.20 Å². The third-order valence-electron chi connectivity index (χ3n) is 3.15. The molecule has 110 valence electrons. The van der Waals surface area contributed by atoms with Crippen molar-refractivity contribution < 1.29 is 4.79 Å². The Bertz CT molecular complexity index is 465. The molecule has 2 amide bonds. The second-order valence-electron chi connectivity index (χ2n) is 4.58. The molecule has 1 aromatic rings. The van der Waals surface area contributed by atoms with Crippen LogP contribution in [0.4, 0.5) is 16.2 Å². The van der Waals surface area contributed by atoms with E-state index in [0.717, 1.165) is 30.8 Å². The highest BCUT2D eigenvalue weighted by Gasteiger charge is 2.06. The maximum Gasteiger partial charge on any atom is 0.323 e. The quantitative estimate of drug-likeness (QED) is 0.827. The predicted octanol–water partition coefficient (Wildman–Crippen LogP) is 3.89. The Morgan fingerprint density at radius 3 is 2.50 bits per heavy atom. The van der Waals surface area contributed by atoms with Crippen molar-refractivity contribution in [3.05, 3.63) is 36.0 Å². The first kappa shape index (κ1) is 16.1. The number of carbonyl (C=O) groups excluding carboxylic acids is 1. The average Bonchev–Trinajstić information content (AvgIpc) is 2.43. The maximum absolute atomic E-state index is 11.7. The van der Waals surface area contributed by atoms with Gasteiger partial charge in [0.25, 0.3) is 0 Å². The van der Waals surface area contributed by atoms with Crippen molar-refractivity contribution in [2.24, 2.45) is 0 Å². The summed E-state index contributed by atoms with van der Waals surface area (Å²) in [6.45, 7) is 10.3. The third-order valence-corrected chi connectivity index (χ3v) is 3.15. The van der Waals surface area contributed by atoms with Gasteiger partial charge < -0.3 is 15.5 Å². The van der Waals surface area contributed by atoms with Gasteiger partial charge in [0.05, 0.1) is 0 Å². The number of carbonyl (C=O) groups is 1. The fourth-order valence-electron chi connectivity index (χ4n) is 1.98. The Balaban J connectivity index is 2.73. The number of amides is 2. The molecule has 0 aliphatic carbocycles. The molecule has 0 heterocycles. The van der Waals surface area contributed by atoms with Gasteiger partial charge >= 0.3 is 6.03 Å². The van der Waals surface area contributed by atoms with Crippen LogP contribution in [0.25, 0.3) is 0 Å². The van der Waals surface area contributed by atoms with Crippen molar-refractivity contribution in [1.82, 2.24) is 5.32 Å². The Morgan fingerprint density at radius 2 is 1.95 bits per heavy atom. The highest BCUT2D eigenvalue weighted by atomic mass is 16.2. The smallest absolute Gasteiger partial charge is 0.323 e. The average molecular weight is 275 g/mol. The molecular weight excluding hydrogens is 250 g/mol. The predicted molar refractivity (Wildman–Crippen MR) is 86.3 cm³/mol. The molecule has 0 saturated carbocycles. The molecule has 0 saturated heterocycles. The maximum atomic E-state index is 11.7. The van der Waals surface area contributed by atoms with Gasteiger partial charge in [-0.1, -0.05) is 13.0 Å². The summed E-state index contributed by atoms with van der Waals surface area (Å²) in [5.74, 6) is 0. The van der Waals surface area contributed by atoms with Crippen molar-refractivity contribution in [3.8, 4) is 0 Å². The summed E-state index contributed by atoms with van der Waals surface area (Å²) in [7, 11) is 0. The number of nitrogens with one attached hydrogen (secondary N) is 2. The van der Waals surface area contributed by atoms with E-state index in [0.29, 0.717) is 0 Å². The van der Waals surface area contributed by atoms with Crippen LogP contribution in [0.3, 0.4) is 0 Å². The molecule has 0 spiro atoms. The van der Waals surface area contributed by atoms with Crippen LogP contribution in [0.5, 0.6) is 0 Å². The lowest BCUT2D eigenvalue weighted by Crippen LogP contribution is -2.25. The SMILES string of the molecule is CC/C=C/NC(=O)Nc1ccc(N(CC)CC)cc1C. The molecule has 0 unspecified atom stereocenters. The number of hydrogen-bond donors (Lipinski definition) is 2. The Hall–Kier alpha value is -1.97. The van der Waals surface area contributed by atoms with E-state index >= 15 is 0 Å². The summed E-state index contributed by atoms with van der Waals surface area (Å²) in [6, 6.07) is 5.88. The first-order valence-corrected chi connectivity index (χ1v) is 7.20. The molecule has 4 nitrogen and oxygen atoms in total. The van der Waals surface area contributed by atoms with Gasteiger partial charge in [-0.2, -0.15) is 0 Å². The van der Waals surface area contributed by atoms with Crippen LogP contribution in [0, 0.1) is 6.92 Å². The Kier molecular flexibility index (Phi) is 6.64. The number of rotatable bonds is 6. The van der Waals surface area contributed by atoms with Crippen LogP contribution >= 0.6 is 0 Å². The van der Waals surface area contributed by atoms with Gasteiger partial charge in [-0.05, 0) is 51.0 Å². The molecule has 0 aliphatic rings. The van der Waals surface area contributed by atoms with Crippen molar-refractivity contribution in [3.63, 3.8) is 0 Å². The number of nitrogens with zero attached hydrogens (tertiary/aromatic N) is 1. The lowest BCUT2D eigenvalue weighted by atomic mass is 10.1. The van der Waals surface area contributed by atoms with E-state index in [1.165, 1.54) is 5.69 Å². The number of allylic oxidation sites excluding steroid dienone is 1. The molecule has 1 aromatic carbocycles. The molecule has 0 atom stereocenters. The van der Waals surface area contributed by atoms with Crippen molar-refractivity contribution in [2.75, 3.05) is 23.3 Å². The van der Waals surface area contributed by atoms with E-state index in [9.17, 15) is 4.79 Å². The van der Waals surface area contributed by atoms with Crippen molar-refractivity contribution in [2.45, 2.75) is 34.1 Å². The van der Waals surface area contributed by atoms with Crippen LogP contribution in [-0.2, 0) is 0 Å². The number of anilines is 2. The summed E-state index contributed by atoms with van der Waals surface area (Å²) in [4.78, 5) is 14.0. The molecule has 4 heteroatoms. The standard InChI is InChI=1S/C16H25N3O/c1-5-8-11-17-16(20)18-15-10-9-14(12-13(15)4)19(6-2)7-3/h8-12H,5-7H2,1-4H3,(H2,17,18,20)/b11-8+. The van der Waals surface area contributed by atoms with E-state index in [1.807, 2.05) is 32.1 Å². The zero-order valence-electron chi connectivity index (χ0n) is 12.9. The van der Waals surface area contributed by atoms with Gasteiger partial charge in [-0.3, -0.25) is 0 Å². The van der Waals surface area contributed by atoms with E-state index in [-0.39, 0.29) is 6.03 Å². The molecule has 0 radical (unpaired) electrons. The van der Waals surface area contributed by atoms with Gasteiger partial charge in [0, 0.05) is 30.7 Å². The fourth-order valence-corrected chi connectivity index (χ4v) is 1.98. The van der Waals surface area contributed by atoms with Crippen LogP contribution in [0.1, 0.15) is 32.8 Å². The molecule has 0 bridgehead atoms. The molecule has 0 aromatic heterocycles. The van der Waals surface area contributed by atoms with Crippen LogP contribution in [0.2, 0.25) is 0 Å². The first-order valence-electron chi connectivity index (χ1n) is 7.20. The molecule has 1 rings (SSSR count). The zero-order chi connectivity index (χ0) is 15.0. The van der Waals surface area contributed by atoms with Crippen molar-refractivity contribution >= 4 is 17.4 Å². The second kappa shape index (κ2) is 8.25. The first-order chi connectivity index (χ1) is 9.62. The summed E-state index contributed by atoms with van der Waals surface area (Å²) in [5.41, 5.74) is 3.08. The van der Waals surface area contributed by atoms with Crippen LogP contribution in [0.15, 0.2) is 30.5 Å². The highest BCUT2D eigenvalue weighted by molar-refractivity contribution is 5.91. The minimum absolute atomic E-state index is 0.214. The number of aryl methyl sites for hydroxylation is 1. The molecular formula is C16H25N3O. The van der Waals surface area contributed by atoms with Gasteiger partial charge in [-0.25, -0.2) is 4.79 Å². The van der Waals surface area contributed by atoms with Gasteiger partial charge in [0.1, 0.15) is 0 Å². The summed E-state index contributed by atoms with van der Waals surface area (Å²) in [5, 5.41) is 5.53. The molecule has 0 aliphatic heterocycles. The number of hydrogen-bond acceptors (Lipinski definition) is 2. The highest BCUT2D eigenvalue weighted by Crippen LogP contribution is 2.22. The summed E-state index contributed by atoms with van der Waals surface area (Å²) < 4.78 is 0. The largest absolute Gasteiger partial charge is 0.372 e. The monoisotopic (exact) mass is 275 g/mol. The van der Waals surface area contributed by atoms with E-state index in [4.69, 9.17) is 0 Å². The molecule has 0 fully saturated rings. The van der Waals surface area contributed by atoms with Gasteiger partial charge in [0.2, 0.25) is 0 Å². The lowest BCUT2D eigenvalue weighted by molar-refractivity contribution is 0.255. The fraction of sp³-hybridized carbons (Fsp3) is 0.438. The second-order valence-corrected chi connectivity index (χ2v) is 4.58. The minimum Gasteiger partial charge on any atom is -0.372 e. The minimum atomic E-state index is -0.214. The number of urea groups is 1. The third kappa shape index (κ3) is 4.61. The van der Waals surface area contributed by atoms with Gasteiger partial charge in [-0.15, -0.1) is 0 Å². The summed E-state index contributed by atoms with van der Waals surface area (Å²) >= 11 is 0. The van der Waals surface area contributed by atoms with Crippen LogP contribution < -0.4 is 15.5 Å². The lowest BCUT2D eigenvalue weighted by Gasteiger charge is -2.22. The van der Waals surface area contributed by atoms with Gasteiger partial charge in [0.15, 0.2) is 0 Å². The number of benzene rings is 1. The molecule has 20 heavy (non-hydrogen) atoms. The Morgan fingerprint density at radius 1 is 1.25 bits per heavy atom. The normalized spacial score (nSPS) is 10.6. The topological polar surface area (TPSA) is 44.4 Å². The van der Waals surface area contributed by atoms with Crippen LogP contribution in [-0.4, -0.2) is 19.1 Å². The van der Waals surface area contributed by atoms with E-state index in [2.05, 4.69) is 35.4 Å². The molecule has 2 N–H and O–H groups in total. The summed E-state index contributed by atoms with van der Waals surface area (Å²) in [6.07, 6.45) is 4.46. The zero-order valence-corrected chi connectivity index (χ0v) is 12.9.